The number of hydrogen-bond donors (Lipinski definition) is 0. The highest BCUT2D eigenvalue weighted by Crippen LogP contribution is 2.40. The maximum atomic E-state index is 9.10. The highest BCUT2D eigenvalue weighted by molar-refractivity contribution is 6.74. The average molecular weight is 373 g/mol. The molecule has 0 aliphatic heterocycles. The van der Waals surface area contributed by atoms with E-state index in [1.165, 1.54) is 0 Å². The van der Waals surface area contributed by atoms with Crippen LogP contribution in [0, 0.1) is 28.6 Å². The molecule has 0 bridgehead atoms. The van der Waals surface area contributed by atoms with Crippen LogP contribution in [0.25, 0.3) is 0 Å². The molecule has 1 atom stereocenters. The molecule has 4 nitrogen and oxygen atoms in total. The van der Waals surface area contributed by atoms with Gasteiger partial charge in [0.25, 0.3) is 0 Å². The second kappa shape index (κ2) is 8.71. The van der Waals surface area contributed by atoms with Crippen molar-refractivity contribution >= 4 is 8.32 Å². The lowest BCUT2D eigenvalue weighted by molar-refractivity contribution is -0.0260. The van der Waals surface area contributed by atoms with Crippen molar-refractivity contribution in [3.63, 3.8) is 0 Å². The molecule has 0 heterocycles. The number of rotatable bonds is 8. The highest BCUT2D eigenvalue weighted by Gasteiger charge is 2.43. The number of nitrogens with zero attached hydrogens (tertiary/aromatic N) is 2. The zero-order valence-corrected chi connectivity index (χ0v) is 18.2. The lowest BCUT2D eigenvalue weighted by atomic mass is 9.93. The maximum Gasteiger partial charge on any atom is 0.192 e. The van der Waals surface area contributed by atoms with Crippen molar-refractivity contribution in [1.29, 1.82) is 10.5 Å². The summed E-state index contributed by atoms with van der Waals surface area (Å²) in [6, 6.07) is 13.8. The van der Waals surface area contributed by atoms with Crippen LogP contribution in [0.1, 0.15) is 47.5 Å². The number of benzene rings is 1. The quantitative estimate of drug-likeness (QED) is 0.551. The summed E-state index contributed by atoms with van der Waals surface area (Å²) >= 11 is 0. The zero-order valence-electron chi connectivity index (χ0n) is 17.2. The van der Waals surface area contributed by atoms with Crippen LogP contribution in [-0.4, -0.2) is 20.0 Å². The molecule has 26 heavy (non-hydrogen) atoms. The maximum absolute atomic E-state index is 9.10. The first kappa shape index (κ1) is 22.2. The first-order chi connectivity index (χ1) is 11.9. The molecular weight excluding hydrogens is 340 g/mol. The Bertz CT molecular complexity index is 637. The highest BCUT2D eigenvalue weighted by atomic mass is 28.4. The molecule has 0 aliphatic rings. The zero-order chi connectivity index (χ0) is 20.0. The summed E-state index contributed by atoms with van der Waals surface area (Å²) < 4.78 is 12.9. The molecule has 5 heteroatoms. The molecule has 0 radical (unpaired) electrons. The number of para-hydroxylation sites is 1. The number of hydrogen-bond acceptors (Lipinski definition) is 4. The fourth-order valence-electron chi connectivity index (χ4n) is 2.41. The Kier molecular flexibility index (Phi) is 7.44. The van der Waals surface area contributed by atoms with Crippen molar-refractivity contribution in [3.8, 4) is 17.9 Å². The summed E-state index contributed by atoms with van der Waals surface area (Å²) in [5, 5.41) is 18.3. The number of ether oxygens (including phenoxy) is 1. The second-order valence-corrected chi connectivity index (χ2v) is 13.5. The van der Waals surface area contributed by atoms with Gasteiger partial charge in [-0.1, -0.05) is 39.0 Å². The first-order valence-corrected chi connectivity index (χ1v) is 12.0. The first-order valence-electron chi connectivity index (χ1n) is 9.14. The van der Waals surface area contributed by atoms with Crippen LogP contribution >= 0.6 is 0 Å². The Morgan fingerprint density at radius 1 is 0.962 bits per heavy atom. The van der Waals surface area contributed by atoms with Gasteiger partial charge in [0.15, 0.2) is 8.32 Å². The smallest absolute Gasteiger partial charge is 0.192 e. The molecule has 0 aromatic heterocycles. The fraction of sp³-hybridized carbons (Fsp3) is 0.619. The minimum absolute atomic E-state index is 0.0674. The van der Waals surface area contributed by atoms with Gasteiger partial charge in [-0.3, -0.25) is 0 Å². The predicted molar refractivity (Wildman–Crippen MR) is 107 cm³/mol. The minimum Gasteiger partial charge on any atom is -0.485 e. The van der Waals surface area contributed by atoms with Crippen LogP contribution in [0.2, 0.25) is 18.1 Å². The van der Waals surface area contributed by atoms with Crippen molar-refractivity contribution < 1.29 is 9.16 Å². The van der Waals surface area contributed by atoms with Crippen LogP contribution < -0.4 is 4.74 Å². The molecule has 0 N–H and O–H groups in total. The van der Waals surface area contributed by atoms with E-state index in [0.717, 1.165) is 5.75 Å². The Hall–Kier alpha value is -1.82. The monoisotopic (exact) mass is 372 g/mol. The Morgan fingerprint density at radius 3 is 1.96 bits per heavy atom. The Labute approximate surface area is 159 Å². The van der Waals surface area contributed by atoms with Crippen molar-refractivity contribution in [2.45, 2.75) is 77.3 Å². The molecule has 0 spiro atoms. The van der Waals surface area contributed by atoms with Gasteiger partial charge < -0.3 is 9.16 Å². The predicted octanol–water partition coefficient (Wildman–Crippen LogP) is 5.68. The van der Waals surface area contributed by atoms with E-state index in [0.29, 0.717) is 12.8 Å². The van der Waals surface area contributed by atoms with Gasteiger partial charge in [-0.05, 0) is 57.0 Å². The molecule has 0 saturated heterocycles. The third-order valence-electron chi connectivity index (χ3n) is 5.17. The lowest BCUT2D eigenvalue weighted by Crippen LogP contribution is -2.52. The number of nitriles is 2. The fourth-order valence-corrected chi connectivity index (χ4v) is 3.88. The lowest BCUT2D eigenvalue weighted by Gasteiger charge is -2.44. The van der Waals surface area contributed by atoms with Gasteiger partial charge in [0.05, 0.1) is 18.2 Å². The minimum atomic E-state index is -2.03. The normalized spacial score (nSPS) is 13.8. The van der Waals surface area contributed by atoms with Gasteiger partial charge in [-0.25, -0.2) is 0 Å². The molecule has 142 valence electrons. The van der Waals surface area contributed by atoms with Crippen LogP contribution in [0.5, 0.6) is 5.75 Å². The van der Waals surface area contributed by atoms with Crippen LogP contribution in [0.4, 0.5) is 0 Å². The summed E-state index contributed by atoms with van der Waals surface area (Å²) in [7, 11) is -2.03. The summed E-state index contributed by atoms with van der Waals surface area (Å²) in [5.41, 5.74) is -0.577. The van der Waals surface area contributed by atoms with Gasteiger partial charge in [-0.15, -0.1) is 0 Å². The molecule has 0 amide bonds. The topological polar surface area (TPSA) is 66.0 Å². The summed E-state index contributed by atoms with van der Waals surface area (Å²) in [6.45, 7) is 15.1. The van der Waals surface area contributed by atoms with E-state index in [4.69, 9.17) is 19.7 Å². The van der Waals surface area contributed by atoms with Gasteiger partial charge in [0.2, 0.25) is 0 Å². The molecule has 0 saturated carbocycles. The molecular formula is C21H32N2O2Si. The van der Waals surface area contributed by atoms with Gasteiger partial charge in [0, 0.05) is 0 Å². The van der Waals surface area contributed by atoms with E-state index in [1.807, 2.05) is 44.2 Å². The average Bonchev–Trinajstić information content (AvgIpc) is 2.54. The SMILES string of the molecule is CC(C)(Oc1ccccc1)C(CCC(C#N)C#N)O[Si](C)(C)C(C)(C)C. The van der Waals surface area contributed by atoms with E-state index in [9.17, 15) is 0 Å². The van der Waals surface area contributed by atoms with Crippen LogP contribution in [0.15, 0.2) is 30.3 Å². The van der Waals surface area contributed by atoms with Crippen molar-refractivity contribution in [3.05, 3.63) is 30.3 Å². The molecule has 1 aromatic carbocycles. The molecule has 0 aliphatic carbocycles. The van der Waals surface area contributed by atoms with Crippen molar-refractivity contribution in [2.24, 2.45) is 5.92 Å². The second-order valence-electron chi connectivity index (χ2n) is 8.77. The van der Waals surface area contributed by atoms with Crippen molar-refractivity contribution in [1.82, 2.24) is 0 Å². The molecule has 0 fully saturated rings. The molecule has 1 rings (SSSR count). The van der Waals surface area contributed by atoms with Crippen LogP contribution in [-0.2, 0) is 4.43 Å². The van der Waals surface area contributed by atoms with Gasteiger partial charge in [0.1, 0.15) is 17.3 Å². The Morgan fingerprint density at radius 2 is 1.50 bits per heavy atom. The largest absolute Gasteiger partial charge is 0.485 e. The summed E-state index contributed by atoms with van der Waals surface area (Å²) in [4.78, 5) is 0. The van der Waals surface area contributed by atoms with E-state index in [1.54, 1.807) is 0 Å². The molecule has 1 unspecified atom stereocenters. The van der Waals surface area contributed by atoms with E-state index >= 15 is 0 Å². The van der Waals surface area contributed by atoms with E-state index < -0.39 is 19.8 Å². The summed E-state index contributed by atoms with van der Waals surface area (Å²) in [6.07, 6.45) is 0.888. The third kappa shape index (κ3) is 6.16. The Balaban J connectivity index is 3.05. The summed E-state index contributed by atoms with van der Waals surface area (Å²) in [5.74, 6) is 0.173. The van der Waals surface area contributed by atoms with Gasteiger partial charge in [-0.2, -0.15) is 10.5 Å². The van der Waals surface area contributed by atoms with E-state index in [-0.39, 0.29) is 11.1 Å². The molecule has 1 aromatic rings. The van der Waals surface area contributed by atoms with Crippen molar-refractivity contribution in [2.75, 3.05) is 0 Å². The van der Waals surface area contributed by atoms with E-state index in [2.05, 4.69) is 46.0 Å². The van der Waals surface area contributed by atoms with Gasteiger partial charge >= 0.3 is 0 Å². The standard InChI is InChI=1S/C21H32N2O2Si/c1-20(2,3)26(6,7)25-19(14-13-17(15-22)16-23)21(4,5)24-18-11-9-8-10-12-18/h8-12,17,19H,13-14H2,1-7H3. The third-order valence-corrected chi connectivity index (χ3v) is 9.66. The van der Waals surface area contributed by atoms with Crippen LogP contribution in [0.3, 0.4) is 0 Å².